The predicted molar refractivity (Wildman–Crippen MR) is 69.4 cm³/mol. The van der Waals surface area contributed by atoms with Gasteiger partial charge in [0, 0.05) is 5.54 Å². The highest BCUT2D eigenvalue weighted by atomic mass is 16.3. The average molecular weight is 284 g/mol. The Morgan fingerprint density at radius 3 is 2.55 bits per heavy atom. The molecule has 3 heterocycles. The van der Waals surface area contributed by atoms with E-state index in [-0.39, 0.29) is 36.5 Å². The highest BCUT2D eigenvalue weighted by Crippen LogP contribution is 2.33. The van der Waals surface area contributed by atoms with Crippen molar-refractivity contribution in [3.63, 3.8) is 0 Å². The maximum Gasteiger partial charge on any atom is 0.328 e. The van der Waals surface area contributed by atoms with Crippen LogP contribution in [0.2, 0.25) is 0 Å². The normalized spacial score (nSPS) is 32.8. The maximum absolute atomic E-state index is 12.6. The Kier molecular flexibility index (Phi) is 2.84. The van der Waals surface area contributed by atoms with Gasteiger partial charge in [0.2, 0.25) is 0 Å². The van der Waals surface area contributed by atoms with Crippen LogP contribution in [0.1, 0.15) is 20.8 Å². The van der Waals surface area contributed by atoms with Crippen LogP contribution in [0.4, 0.5) is 9.59 Å². The molecule has 8 heteroatoms. The van der Waals surface area contributed by atoms with Crippen LogP contribution in [0.3, 0.4) is 0 Å². The van der Waals surface area contributed by atoms with Crippen molar-refractivity contribution in [2.24, 2.45) is 0 Å². The predicted octanol–water partition coefficient (Wildman–Crippen LogP) is -1.99. The summed E-state index contributed by atoms with van der Waals surface area (Å²) in [5.74, 6) is 0. The Morgan fingerprint density at radius 1 is 1.30 bits per heavy atom. The van der Waals surface area contributed by atoms with Crippen LogP contribution in [0, 0.1) is 0 Å². The molecule has 0 saturated carbocycles. The summed E-state index contributed by atoms with van der Waals surface area (Å²) >= 11 is 0. The van der Waals surface area contributed by atoms with Crippen LogP contribution in [0.25, 0.3) is 0 Å². The molecule has 8 nitrogen and oxygen atoms in total. The van der Waals surface area contributed by atoms with Gasteiger partial charge in [-0.05, 0) is 20.8 Å². The van der Waals surface area contributed by atoms with Crippen molar-refractivity contribution in [3.05, 3.63) is 0 Å². The minimum absolute atomic E-state index is 0.0455. The number of nitrogens with one attached hydrogen (secondary N) is 2. The molecule has 112 valence electrons. The number of quaternary nitrogens is 1. The number of aliphatic hydroxyl groups excluding tert-OH is 1. The van der Waals surface area contributed by atoms with Crippen LogP contribution in [0.5, 0.6) is 0 Å². The number of carbonyl (C=O) groups is 2. The third kappa shape index (κ3) is 1.75. The van der Waals surface area contributed by atoms with Gasteiger partial charge in [-0.1, -0.05) is 0 Å². The van der Waals surface area contributed by atoms with Crippen molar-refractivity contribution in [2.75, 3.05) is 26.5 Å². The van der Waals surface area contributed by atoms with Crippen LogP contribution in [-0.2, 0) is 0 Å². The van der Waals surface area contributed by atoms with Gasteiger partial charge in [-0.2, -0.15) is 0 Å². The zero-order chi connectivity index (χ0) is 14.7. The number of amides is 4. The summed E-state index contributed by atoms with van der Waals surface area (Å²) in [6.07, 6.45) is -0.512. The molecule has 3 rings (SSSR count). The van der Waals surface area contributed by atoms with E-state index in [9.17, 15) is 9.59 Å². The summed E-state index contributed by atoms with van der Waals surface area (Å²) in [4.78, 5) is 30.9. The smallest absolute Gasteiger partial charge is 0.328 e. The van der Waals surface area contributed by atoms with Gasteiger partial charge in [-0.3, -0.25) is 19.6 Å². The lowest BCUT2D eigenvalue weighted by atomic mass is 10.1. The molecule has 0 aromatic rings. The molecule has 0 spiro atoms. The molecule has 0 radical (unpaired) electrons. The van der Waals surface area contributed by atoms with Crippen molar-refractivity contribution in [3.8, 4) is 0 Å². The fourth-order valence-corrected chi connectivity index (χ4v) is 3.36. The molecule has 3 aliphatic heterocycles. The number of hydrogen-bond acceptors (Lipinski definition) is 3. The van der Waals surface area contributed by atoms with Gasteiger partial charge >= 0.3 is 12.1 Å². The Labute approximate surface area is 117 Å². The molecule has 4 amide bonds. The van der Waals surface area contributed by atoms with Crippen LogP contribution in [0.15, 0.2) is 0 Å². The molecule has 20 heavy (non-hydrogen) atoms. The summed E-state index contributed by atoms with van der Waals surface area (Å²) in [5.41, 5.74) is -0.348. The fourth-order valence-electron chi connectivity index (χ4n) is 3.36. The summed E-state index contributed by atoms with van der Waals surface area (Å²) in [6, 6.07) is -0.186. The quantitative estimate of drug-likeness (QED) is 0.549. The van der Waals surface area contributed by atoms with E-state index in [4.69, 9.17) is 5.11 Å². The average Bonchev–Trinajstić information content (AvgIpc) is 2.79. The first-order valence-corrected chi connectivity index (χ1v) is 6.96. The molecular formula is C12H22N5O3+. The molecule has 0 bridgehead atoms. The van der Waals surface area contributed by atoms with E-state index in [2.05, 4.69) is 5.32 Å². The van der Waals surface area contributed by atoms with E-state index in [0.717, 1.165) is 4.90 Å². The van der Waals surface area contributed by atoms with Gasteiger partial charge in [0.1, 0.15) is 12.7 Å². The van der Waals surface area contributed by atoms with Crippen molar-refractivity contribution in [1.29, 1.82) is 0 Å². The van der Waals surface area contributed by atoms with Crippen molar-refractivity contribution >= 4 is 12.1 Å². The molecule has 3 saturated heterocycles. The summed E-state index contributed by atoms with van der Waals surface area (Å²) in [6.45, 7) is 7.53. The summed E-state index contributed by atoms with van der Waals surface area (Å²) < 4.78 is 0. The van der Waals surface area contributed by atoms with Gasteiger partial charge in [0.05, 0.1) is 6.61 Å². The zero-order valence-electron chi connectivity index (χ0n) is 12.1. The van der Waals surface area contributed by atoms with Crippen LogP contribution >= 0.6 is 0 Å². The maximum atomic E-state index is 12.6. The van der Waals surface area contributed by atoms with E-state index < -0.39 is 0 Å². The van der Waals surface area contributed by atoms with E-state index in [1.165, 1.54) is 0 Å². The minimum Gasteiger partial charge on any atom is -0.391 e. The SMILES string of the molecule is CC(C)(C)N1C(=O)N2C[NH+](CCO)CN3C(=O)N[C@H]1[C@H]32. The second-order valence-corrected chi connectivity index (χ2v) is 6.61. The molecule has 1 unspecified atom stereocenters. The van der Waals surface area contributed by atoms with Gasteiger partial charge in [0.15, 0.2) is 19.5 Å². The lowest BCUT2D eigenvalue weighted by Crippen LogP contribution is -3.17. The Morgan fingerprint density at radius 2 is 1.95 bits per heavy atom. The first-order valence-electron chi connectivity index (χ1n) is 6.96. The molecular weight excluding hydrogens is 262 g/mol. The van der Waals surface area contributed by atoms with Gasteiger partial charge < -0.3 is 10.4 Å². The lowest BCUT2D eigenvalue weighted by Gasteiger charge is -2.38. The zero-order valence-corrected chi connectivity index (χ0v) is 12.1. The van der Waals surface area contributed by atoms with E-state index in [1.807, 2.05) is 20.8 Å². The Balaban J connectivity index is 1.93. The molecule has 3 N–H and O–H groups in total. The molecule has 3 fully saturated rings. The van der Waals surface area contributed by atoms with Gasteiger partial charge in [-0.15, -0.1) is 0 Å². The third-order valence-electron chi connectivity index (χ3n) is 4.16. The van der Waals surface area contributed by atoms with Gasteiger partial charge in [-0.25, -0.2) is 9.59 Å². The second-order valence-electron chi connectivity index (χ2n) is 6.61. The fraction of sp³-hybridized carbons (Fsp3) is 0.833. The Hall–Kier alpha value is -1.54. The molecule has 3 aliphatic rings. The number of nitrogens with zero attached hydrogens (tertiary/aromatic N) is 3. The topological polar surface area (TPSA) is 80.6 Å². The largest absolute Gasteiger partial charge is 0.391 e. The highest BCUT2D eigenvalue weighted by Gasteiger charge is 2.61. The standard InChI is InChI=1S/C12H21N5O3/c1-12(2,3)17-8-9-15(10(19)13-8)6-14(4-5-18)7-16(9)11(17)20/h8-9,18H,4-7H2,1-3H3,(H,13,19)/p+1/t8-,9-/m1/s1. The molecule has 0 aliphatic carbocycles. The Bertz CT molecular complexity index is 449. The molecule has 0 aromatic carbocycles. The lowest BCUT2D eigenvalue weighted by molar-refractivity contribution is -0.926. The summed E-state index contributed by atoms with van der Waals surface area (Å²) in [5, 5.41) is 12.0. The third-order valence-corrected chi connectivity index (χ3v) is 4.16. The van der Waals surface area contributed by atoms with Crippen molar-refractivity contribution < 1.29 is 19.6 Å². The van der Waals surface area contributed by atoms with Crippen LogP contribution in [-0.4, -0.2) is 76.2 Å². The second kappa shape index (κ2) is 4.23. The van der Waals surface area contributed by atoms with Crippen molar-refractivity contribution in [1.82, 2.24) is 20.0 Å². The highest BCUT2D eigenvalue weighted by molar-refractivity contribution is 5.85. The van der Waals surface area contributed by atoms with Gasteiger partial charge in [0.25, 0.3) is 0 Å². The monoisotopic (exact) mass is 284 g/mol. The first kappa shape index (κ1) is 13.4. The van der Waals surface area contributed by atoms with E-state index >= 15 is 0 Å². The van der Waals surface area contributed by atoms with E-state index in [0.29, 0.717) is 19.9 Å². The number of rotatable bonds is 2. The molecule has 0 aromatic heterocycles. The number of aliphatic hydroxyl groups is 1. The number of urea groups is 2. The summed E-state index contributed by atoms with van der Waals surface area (Å²) in [7, 11) is 0. The first-order chi connectivity index (χ1) is 9.34. The molecule has 3 atom stereocenters. The van der Waals surface area contributed by atoms with Crippen LogP contribution < -0.4 is 10.2 Å². The van der Waals surface area contributed by atoms with E-state index in [1.54, 1.807) is 14.7 Å². The number of carbonyl (C=O) groups excluding carboxylic acids is 2. The number of hydrogen-bond donors (Lipinski definition) is 3. The minimum atomic E-state index is -0.348. The van der Waals surface area contributed by atoms with Crippen molar-refractivity contribution in [2.45, 2.75) is 38.6 Å².